The Labute approximate surface area is 155 Å². The molecule has 0 fully saturated rings. The van der Waals surface area contributed by atoms with E-state index in [0.29, 0.717) is 18.8 Å². The minimum Gasteiger partial charge on any atom is -0.353 e. The number of benzene rings is 1. The molecule has 0 spiro atoms. The number of hydrogen-bond acceptors (Lipinski definition) is 4. The first kappa shape index (κ1) is 16.5. The fraction of sp³-hybridized carbons (Fsp3) is 0.150. The number of carbonyl (C=O) groups is 1. The lowest BCUT2D eigenvalue weighted by Crippen LogP contribution is -2.31. The molecule has 1 aromatic carbocycles. The molecule has 3 heterocycles. The highest BCUT2D eigenvalue weighted by Gasteiger charge is 2.20. The number of rotatable bonds is 5. The second-order valence-corrected chi connectivity index (χ2v) is 7.13. The van der Waals surface area contributed by atoms with Crippen LogP contribution in [0.1, 0.15) is 21.1 Å². The van der Waals surface area contributed by atoms with E-state index in [-0.39, 0.29) is 5.91 Å². The maximum absolute atomic E-state index is 13.2. The zero-order chi connectivity index (χ0) is 17.9. The van der Waals surface area contributed by atoms with Gasteiger partial charge in [0, 0.05) is 23.8 Å². The van der Waals surface area contributed by atoms with E-state index >= 15 is 0 Å². The highest BCUT2D eigenvalue weighted by Crippen LogP contribution is 2.18. The lowest BCUT2D eigenvalue weighted by Gasteiger charge is -2.22. The molecule has 0 saturated carbocycles. The number of para-hydroxylation sites is 2. The maximum atomic E-state index is 13.2. The van der Waals surface area contributed by atoms with Crippen molar-refractivity contribution in [3.63, 3.8) is 0 Å². The van der Waals surface area contributed by atoms with E-state index in [1.54, 1.807) is 17.5 Å². The SMILES string of the molecule is Cn1cccc1CN(Cc1cccs1)C(=O)c1cnc2ccccc2n1. The Balaban J connectivity index is 1.66. The molecule has 0 radical (unpaired) electrons. The summed E-state index contributed by atoms with van der Waals surface area (Å²) in [6, 6.07) is 15.6. The molecule has 4 rings (SSSR count). The van der Waals surface area contributed by atoms with Gasteiger partial charge in [0.25, 0.3) is 5.91 Å². The Morgan fingerprint density at radius 1 is 1.08 bits per heavy atom. The average molecular weight is 362 g/mol. The molecule has 0 aliphatic rings. The van der Waals surface area contributed by atoms with Crippen molar-refractivity contribution in [2.75, 3.05) is 0 Å². The molecule has 0 aliphatic carbocycles. The predicted molar refractivity (Wildman–Crippen MR) is 103 cm³/mol. The molecule has 0 N–H and O–H groups in total. The van der Waals surface area contributed by atoms with Crippen molar-refractivity contribution in [3.8, 4) is 0 Å². The van der Waals surface area contributed by atoms with Crippen LogP contribution in [0, 0.1) is 0 Å². The summed E-state index contributed by atoms with van der Waals surface area (Å²) in [5.74, 6) is -0.113. The van der Waals surface area contributed by atoms with Crippen molar-refractivity contribution in [2.24, 2.45) is 7.05 Å². The first-order valence-corrected chi connectivity index (χ1v) is 9.22. The second kappa shape index (κ2) is 7.09. The van der Waals surface area contributed by atoms with E-state index in [0.717, 1.165) is 21.6 Å². The number of fused-ring (bicyclic) bond motifs is 1. The summed E-state index contributed by atoms with van der Waals surface area (Å²) in [5.41, 5.74) is 2.96. The molecule has 0 bridgehead atoms. The third-order valence-corrected chi connectivity index (χ3v) is 5.15. The van der Waals surface area contributed by atoms with Gasteiger partial charge in [-0.15, -0.1) is 11.3 Å². The third-order valence-electron chi connectivity index (χ3n) is 4.29. The van der Waals surface area contributed by atoms with Crippen LogP contribution in [0.4, 0.5) is 0 Å². The Hall–Kier alpha value is -2.99. The topological polar surface area (TPSA) is 51.0 Å². The van der Waals surface area contributed by atoms with Gasteiger partial charge in [0.2, 0.25) is 0 Å². The van der Waals surface area contributed by atoms with Crippen molar-refractivity contribution in [1.29, 1.82) is 0 Å². The summed E-state index contributed by atoms with van der Waals surface area (Å²) in [6.45, 7) is 1.07. The molecule has 0 saturated heterocycles. The van der Waals surface area contributed by atoms with E-state index in [1.165, 1.54) is 0 Å². The summed E-state index contributed by atoms with van der Waals surface area (Å²) >= 11 is 1.65. The van der Waals surface area contributed by atoms with Gasteiger partial charge in [-0.3, -0.25) is 9.78 Å². The van der Waals surface area contributed by atoms with Gasteiger partial charge in [0.15, 0.2) is 0 Å². The molecule has 1 amide bonds. The Morgan fingerprint density at radius 2 is 1.92 bits per heavy atom. The van der Waals surface area contributed by atoms with Crippen LogP contribution < -0.4 is 0 Å². The summed E-state index contributed by atoms with van der Waals surface area (Å²) in [4.78, 5) is 25.0. The Morgan fingerprint density at radius 3 is 2.65 bits per heavy atom. The summed E-state index contributed by atoms with van der Waals surface area (Å²) < 4.78 is 2.03. The lowest BCUT2D eigenvalue weighted by molar-refractivity contribution is 0.0722. The average Bonchev–Trinajstić information content (AvgIpc) is 3.32. The second-order valence-electron chi connectivity index (χ2n) is 6.09. The van der Waals surface area contributed by atoms with Crippen LogP contribution in [0.3, 0.4) is 0 Å². The first-order valence-electron chi connectivity index (χ1n) is 8.34. The van der Waals surface area contributed by atoms with Crippen molar-refractivity contribution >= 4 is 28.3 Å². The smallest absolute Gasteiger partial charge is 0.274 e. The van der Waals surface area contributed by atoms with Gasteiger partial charge in [-0.25, -0.2) is 4.98 Å². The number of thiophene rings is 1. The number of nitrogens with zero attached hydrogens (tertiary/aromatic N) is 4. The molecule has 0 aliphatic heterocycles. The monoisotopic (exact) mass is 362 g/mol. The molecule has 0 atom stereocenters. The summed E-state index contributed by atoms with van der Waals surface area (Å²) in [7, 11) is 1.99. The number of aryl methyl sites for hydroxylation is 1. The zero-order valence-electron chi connectivity index (χ0n) is 14.4. The quantitative estimate of drug-likeness (QED) is 0.541. The molecule has 4 aromatic rings. The molecule has 0 unspecified atom stereocenters. The van der Waals surface area contributed by atoms with Gasteiger partial charge in [-0.1, -0.05) is 18.2 Å². The molecule has 5 nitrogen and oxygen atoms in total. The van der Waals surface area contributed by atoms with Gasteiger partial charge in [0.05, 0.1) is 30.3 Å². The Bertz CT molecular complexity index is 1040. The van der Waals surface area contributed by atoms with E-state index in [1.807, 2.05) is 76.6 Å². The number of aromatic nitrogens is 3. The van der Waals surface area contributed by atoms with Crippen molar-refractivity contribution < 1.29 is 4.79 Å². The van der Waals surface area contributed by atoms with Gasteiger partial charge in [0.1, 0.15) is 5.69 Å². The van der Waals surface area contributed by atoms with E-state index in [4.69, 9.17) is 0 Å². The fourth-order valence-electron chi connectivity index (χ4n) is 2.87. The molecule has 26 heavy (non-hydrogen) atoms. The lowest BCUT2D eigenvalue weighted by atomic mass is 10.2. The molecule has 6 heteroatoms. The molecular formula is C20H18N4OS. The van der Waals surface area contributed by atoms with Crippen LogP contribution in [0.15, 0.2) is 66.3 Å². The zero-order valence-corrected chi connectivity index (χ0v) is 15.2. The van der Waals surface area contributed by atoms with Crippen molar-refractivity contribution in [1.82, 2.24) is 19.4 Å². The van der Waals surface area contributed by atoms with Crippen LogP contribution in [0.2, 0.25) is 0 Å². The van der Waals surface area contributed by atoms with E-state index in [9.17, 15) is 4.79 Å². The van der Waals surface area contributed by atoms with Crippen molar-refractivity contribution in [2.45, 2.75) is 13.1 Å². The fourth-order valence-corrected chi connectivity index (χ4v) is 3.59. The highest BCUT2D eigenvalue weighted by atomic mass is 32.1. The minimum atomic E-state index is -0.113. The molecular weight excluding hydrogens is 344 g/mol. The van der Waals surface area contributed by atoms with E-state index in [2.05, 4.69) is 9.97 Å². The number of carbonyl (C=O) groups excluding carboxylic acids is 1. The largest absolute Gasteiger partial charge is 0.353 e. The summed E-state index contributed by atoms with van der Waals surface area (Å²) in [5, 5.41) is 2.02. The van der Waals surface area contributed by atoms with Crippen LogP contribution in [-0.4, -0.2) is 25.3 Å². The van der Waals surface area contributed by atoms with Gasteiger partial charge < -0.3 is 9.47 Å². The standard InChI is InChI=1S/C20H18N4OS/c1-23-10-4-6-15(23)13-24(14-16-7-5-11-26-16)20(25)19-12-21-17-8-2-3-9-18(17)22-19/h2-12H,13-14H2,1H3. The van der Waals surface area contributed by atoms with Crippen LogP contribution >= 0.6 is 11.3 Å². The minimum absolute atomic E-state index is 0.113. The van der Waals surface area contributed by atoms with Crippen LogP contribution in [0.5, 0.6) is 0 Å². The van der Waals surface area contributed by atoms with Gasteiger partial charge >= 0.3 is 0 Å². The molecule has 3 aromatic heterocycles. The first-order chi connectivity index (χ1) is 12.7. The highest BCUT2D eigenvalue weighted by molar-refractivity contribution is 7.09. The number of amides is 1. The van der Waals surface area contributed by atoms with Crippen molar-refractivity contribution in [3.05, 3.63) is 82.6 Å². The predicted octanol–water partition coefficient (Wildman–Crippen LogP) is 3.87. The normalized spacial score (nSPS) is 11.0. The van der Waals surface area contributed by atoms with E-state index < -0.39 is 0 Å². The van der Waals surface area contributed by atoms with Crippen LogP contribution in [0.25, 0.3) is 11.0 Å². The number of hydrogen-bond donors (Lipinski definition) is 0. The Kier molecular flexibility index (Phi) is 4.50. The van der Waals surface area contributed by atoms with Crippen LogP contribution in [-0.2, 0) is 20.1 Å². The van der Waals surface area contributed by atoms with Gasteiger partial charge in [-0.2, -0.15) is 0 Å². The van der Waals surface area contributed by atoms with Gasteiger partial charge in [-0.05, 0) is 35.7 Å². The molecule has 130 valence electrons. The maximum Gasteiger partial charge on any atom is 0.274 e. The summed E-state index contributed by atoms with van der Waals surface area (Å²) in [6.07, 6.45) is 3.55. The third kappa shape index (κ3) is 3.36.